The monoisotopic (exact) mass is 284 g/mol. The second-order valence-corrected chi connectivity index (χ2v) is 5.14. The summed E-state index contributed by atoms with van der Waals surface area (Å²) in [5, 5.41) is 14.1. The van der Waals surface area contributed by atoms with Crippen molar-refractivity contribution in [1.29, 1.82) is 0 Å². The van der Waals surface area contributed by atoms with Crippen LogP contribution in [0.2, 0.25) is 0 Å². The van der Waals surface area contributed by atoms with Crippen LogP contribution in [0.1, 0.15) is 24.1 Å². The zero-order valence-corrected chi connectivity index (χ0v) is 11.7. The van der Waals surface area contributed by atoms with Gasteiger partial charge in [-0.1, -0.05) is 12.1 Å². The number of nitro benzene ring substituents is 1. The van der Waals surface area contributed by atoms with E-state index in [1.54, 1.807) is 12.1 Å². The minimum absolute atomic E-state index is 0.0752. The zero-order valence-electron chi connectivity index (χ0n) is 11.7. The van der Waals surface area contributed by atoms with Crippen LogP contribution in [0.25, 0.3) is 0 Å². The number of non-ortho nitro benzene ring substituents is 1. The van der Waals surface area contributed by atoms with Gasteiger partial charge in [-0.25, -0.2) is 0 Å². The highest BCUT2D eigenvalue weighted by Gasteiger charge is 2.13. The van der Waals surface area contributed by atoms with Crippen LogP contribution in [0, 0.1) is 10.1 Å². The van der Waals surface area contributed by atoms with E-state index in [2.05, 4.69) is 11.4 Å². The minimum Gasteiger partial charge on any atom is -0.493 e. The average molecular weight is 284 g/mol. The maximum atomic E-state index is 10.7. The van der Waals surface area contributed by atoms with Crippen LogP contribution in [0.3, 0.4) is 0 Å². The van der Waals surface area contributed by atoms with Gasteiger partial charge in [-0.15, -0.1) is 0 Å². The first kappa shape index (κ1) is 13.4. The molecule has 0 aliphatic carbocycles. The Morgan fingerprint density at radius 2 is 2.00 bits per heavy atom. The van der Waals surface area contributed by atoms with Crippen LogP contribution < -0.4 is 10.1 Å². The molecule has 0 fully saturated rings. The molecule has 5 heteroatoms. The fraction of sp³-hybridized carbons (Fsp3) is 0.250. The summed E-state index contributed by atoms with van der Waals surface area (Å²) in [6.07, 6.45) is 0.941. The third kappa shape index (κ3) is 2.81. The van der Waals surface area contributed by atoms with Crippen LogP contribution in [0.5, 0.6) is 5.75 Å². The molecule has 1 heterocycles. The lowest BCUT2D eigenvalue weighted by molar-refractivity contribution is -0.384. The summed E-state index contributed by atoms with van der Waals surface area (Å²) in [6, 6.07) is 12.8. The Bertz CT molecular complexity index is 668. The van der Waals surface area contributed by atoms with Crippen molar-refractivity contribution < 1.29 is 9.66 Å². The summed E-state index contributed by atoms with van der Waals surface area (Å²) in [5.41, 5.74) is 3.37. The molecule has 0 saturated carbocycles. The first-order chi connectivity index (χ1) is 10.1. The topological polar surface area (TPSA) is 64.4 Å². The summed E-state index contributed by atoms with van der Waals surface area (Å²) >= 11 is 0. The number of hydrogen-bond acceptors (Lipinski definition) is 4. The van der Waals surface area contributed by atoms with Gasteiger partial charge in [0.25, 0.3) is 5.69 Å². The molecule has 0 saturated heterocycles. The molecule has 1 unspecified atom stereocenters. The van der Waals surface area contributed by atoms with Gasteiger partial charge < -0.3 is 10.1 Å². The summed E-state index contributed by atoms with van der Waals surface area (Å²) in [6.45, 7) is 2.78. The van der Waals surface area contributed by atoms with Gasteiger partial charge in [0.1, 0.15) is 5.75 Å². The second-order valence-electron chi connectivity index (χ2n) is 5.14. The summed E-state index contributed by atoms with van der Waals surface area (Å²) in [7, 11) is 0. The third-order valence-electron chi connectivity index (χ3n) is 3.68. The molecule has 3 rings (SSSR count). The van der Waals surface area contributed by atoms with E-state index in [1.165, 1.54) is 17.7 Å². The maximum Gasteiger partial charge on any atom is 0.269 e. The van der Waals surface area contributed by atoms with Gasteiger partial charge in [0.05, 0.1) is 11.5 Å². The highest BCUT2D eigenvalue weighted by atomic mass is 16.6. The summed E-state index contributed by atoms with van der Waals surface area (Å²) < 4.78 is 5.49. The van der Waals surface area contributed by atoms with E-state index in [-0.39, 0.29) is 16.7 Å². The van der Waals surface area contributed by atoms with E-state index >= 15 is 0 Å². The lowest BCUT2D eigenvalue weighted by atomic mass is 10.1. The molecule has 1 aliphatic rings. The molecule has 1 N–H and O–H groups in total. The highest BCUT2D eigenvalue weighted by Crippen LogP contribution is 2.29. The number of rotatable bonds is 4. The Morgan fingerprint density at radius 1 is 1.24 bits per heavy atom. The average Bonchev–Trinajstić information content (AvgIpc) is 2.95. The Balaban J connectivity index is 1.73. The zero-order chi connectivity index (χ0) is 14.8. The lowest BCUT2D eigenvalue weighted by Crippen LogP contribution is -2.06. The number of nitrogens with one attached hydrogen (secondary N) is 1. The van der Waals surface area contributed by atoms with Crippen molar-refractivity contribution in [2.45, 2.75) is 19.4 Å². The van der Waals surface area contributed by atoms with Crippen molar-refractivity contribution >= 4 is 11.4 Å². The van der Waals surface area contributed by atoms with Gasteiger partial charge in [0.2, 0.25) is 0 Å². The fourth-order valence-corrected chi connectivity index (χ4v) is 2.49. The molecular weight excluding hydrogens is 268 g/mol. The van der Waals surface area contributed by atoms with Crippen LogP contribution in [0.4, 0.5) is 11.4 Å². The number of anilines is 1. The summed E-state index contributed by atoms with van der Waals surface area (Å²) in [4.78, 5) is 10.3. The second kappa shape index (κ2) is 5.44. The highest BCUT2D eigenvalue weighted by molar-refractivity contribution is 5.53. The minimum atomic E-state index is -0.387. The molecular formula is C16H16N2O3. The molecule has 21 heavy (non-hydrogen) atoms. The smallest absolute Gasteiger partial charge is 0.269 e. The number of fused-ring (bicyclic) bond motifs is 1. The normalized spacial score (nSPS) is 14.1. The Hall–Kier alpha value is -2.56. The van der Waals surface area contributed by atoms with Crippen molar-refractivity contribution in [2.24, 2.45) is 0 Å². The van der Waals surface area contributed by atoms with Crippen molar-refractivity contribution in [3.63, 3.8) is 0 Å². The predicted octanol–water partition coefficient (Wildman–Crippen LogP) is 3.70. The molecule has 0 aromatic heterocycles. The number of benzene rings is 2. The third-order valence-corrected chi connectivity index (χ3v) is 3.68. The van der Waals surface area contributed by atoms with Gasteiger partial charge >= 0.3 is 0 Å². The molecule has 1 atom stereocenters. The molecule has 0 spiro atoms. The molecule has 2 aromatic rings. The molecule has 5 nitrogen and oxygen atoms in total. The van der Waals surface area contributed by atoms with E-state index in [1.807, 2.05) is 19.1 Å². The predicted molar refractivity (Wildman–Crippen MR) is 80.8 cm³/mol. The van der Waals surface area contributed by atoms with Gasteiger partial charge in [-0.2, -0.15) is 0 Å². The van der Waals surface area contributed by atoms with Crippen molar-refractivity contribution in [3.05, 3.63) is 63.7 Å². The lowest BCUT2D eigenvalue weighted by Gasteiger charge is -2.16. The standard InChI is InChI=1S/C16H16N2O3/c1-11(12-2-5-15(6-3-12)18(19)20)17-14-4-7-16-13(10-14)8-9-21-16/h2-7,10-11,17H,8-9H2,1H3. The van der Waals surface area contributed by atoms with Crippen LogP contribution >= 0.6 is 0 Å². The largest absolute Gasteiger partial charge is 0.493 e. The summed E-state index contributed by atoms with van der Waals surface area (Å²) in [5.74, 6) is 0.962. The van der Waals surface area contributed by atoms with E-state index in [4.69, 9.17) is 4.74 Å². The van der Waals surface area contributed by atoms with Crippen LogP contribution in [-0.4, -0.2) is 11.5 Å². The van der Waals surface area contributed by atoms with E-state index in [0.29, 0.717) is 0 Å². The van der Waals surface area contributed by atoms with Crippen molar-refractivity contribution in [3.8, 4) is 5.75 Å². The van der Waals surface area contributed by atoms with Crippen molar-refractivity contribution in [1.82, 2.24) is 0 Å². The number of hydrogen-bond donors (Lipinski definition) is 1. The van der Waals surface area contributed by atoms with E-state index < -0.39 is 0 Å². The Kier molecular flexibility index (Phi) is 3.48. The van der Waals surface area contributed by atoms with Crippen LogP contribution in [-0.2, 0) is 6.42 Å². The quantitative estimate of drug-likeness (QED) is 0.686. The molecule has 0 amide bonds. The number of nitro groups is 1. The van der Waals surface area contributed by atoms with Gasteiger partial charge in [-0.3, -0.25) is 10.1 Å². The molecule has 0 bridgehead atoms. The first-order valence-corrected chi connectivity index (χ1v) is 6.90. The van der Waals surface area contributed by atoms with Gasteiger partial charge in [0, 0.05) is 30.3 Å². The van der Waals surface area contributed by atoms with Crippen molar-refractivity contribution in [2.75, 3.05) is 11.9 Å². The fourth-order valence-electron chi connectivity index (χ4n) is 2.49. The van der Waals surface area contributed by atoms with E-state index in [0.717, 1.165) is 30.0 Å². The number of ether oxygens (including phenoxy) is 1. The number of nitrogens with zero attached hydrogens (tertiary/aromatic N) is 1. The van der Waals surface area contributed by atoms with Crippen LogP contribution in [0.15, 0.2) is 42.5 Å². The molecule has 108 valence electrons. The van der Waals surface area contributed by atoms with Gasteiger partial charge in [0.15, 0.2) is 0 Å². The maximum absolute atomic E-state index is 10.7. The molecule has 0 radical (unpaired) electrons. The molecule has 1 aliphatic heterocycles. The van der Waals surface area contributed by atoms with Gasteiger partial charge in [-0.05, 0) is 36.2 Å². The first-order valence-electron chi connectivity index (χ1n) is 6.90. The molecule has 2 aromatic carbocycles. The van der Waals surface area contributed by atoms with E-state index in [9.17, 15) is 10.1 Å². The Morgan fingerprint density at radius 3 is 2.71 bits per heavy atom. The Labute approximate surface area is 122 Å². The SMILES string of the molecule is CC(Nc1ccc2c(c1)CCO2)c1ccc([N+](=O)[O-])cc1.